The molecule has 4 heterocycles. The van der Waals surface area contributed by atoms with Gasteiger partial charge in [-0.3, -0.25) is 0 Å². The molecule has 2 aliphatic rings. The molecule has 2 aromatic heterocycles. The van der Waals surface area contributed by atoms with Gasteiger partial charge >= 0.3 is 35.8 Å². The van der Waals surface area contributed by atoms with Gasteiger partial charge in [0, 0.05) is 36.6 Å². The van der Waals surface area contributed by atoms with Gasteiger partial charge in [0.1, 0.15) is 12.2 Å². The van der Waals surface area contributed by atoms with Crippen LogP contribution in [0.25, 0.3) is 0 Å². The average Bonchev–Trinajstić information content (AvgIpc) is 4.11. The second kappa shape index (κ2) is 31.5. The number of aromatic nitrogens is 4. The van der Waals surface area contributed by atoms with E-state index in [9.17, 15) is 28.8 Å². The number of hydrogen-bond donors (Lipinski definition) is 0. The Morgan fingerprint density at radius 1 is 0.379 bits per heavy atom. The summed E-state index contributed by atoms with van der Waals surface area (Å²) in [5, 5.41) is 0. The van der Waals surface area contributed by atoms with Crippen LogP contribution in [0.15, 0.2) is 207 Å². The van der Waals surface area contributed by atoms with Crippen molar-refractivity contribution in [3.8, 4) is 0 Å². The fourth-order valence-corrected chi connectivity index (χ4v) is 9.56. The van der Waals surface area contributed by atoms with Crippen molar-refractivity contribution in [2.75, 3.05) is 14.2 Å². The van der Waals surface area contributed by atoms with Crippen LogP contribution < -0.4 is 9.13 Å². The molecule has 455 valence electrons. The van der Waals surface area contributed by atoms with Gasteiger partial charge in [-0.05, 0) is 111 Å². The molecule has 0 spiro atoms. The summed E-state index contributed by atoms with van der Waals surface area (Å²) in [6.45, 7) is 5.68. The summed E-state index contributed by atoms with van der Waals surface area (Å²) in [6, 6.07) is 50.3. The number of ether oxygens (including phenoxy) is 10. The van der Waals surface area contributed by atoms with Crippen molar-refractivity contribution in [1.29, 1.82) is 0 Å². The first-order valence-electron chi connectivity index (χ1n) is 27.8. The number of esters is 6. The van der Waals surface area contributed by atoms with Gasteiger partial charge in [-0.25, -0.2) is 28.8 Å². The molecule has 10 rings (SSSR count). The van der Waals surface area contributed by atoms with E-state index in [2.05, 4.69) is 12.7 Å². The first kappa shape index (κ1) is 64.1. The van der Waals surface area contributed by atoms with Crippen LogP contribution in [0.4, 0.5) is 0 Å². The summed E-state index contributed by atoms with van der Waals surface area (Å²) in [4.78, 5) is 80.1. The van der Waals surface area contributed by atoms with Gasteiger partial charge in [-0.15, -0.1) is 0 Å². The molecule has 1 radical (unpaired) electrons. The van der Waals surface area contributed by atoms with Gasteiger partial charge in [0.2, 0.25) is 12.7 Å². The maximum Gasteiger partial charge on any atom is 0.338 e. The van der Waals surface area contributed by atoms with E-state index < -0.39 is 97.2 Å². The molecule has 0 unspecified atom stereocenters. The Hall–Kier alpha value is -8.86. The predicted octanol–water partition coefficient (Wildman–Crippen LogP) is 7.29. The molecule has 0 amide bonds. The fourth-order valence-electron chi connectivity index (χ4n) is 9.56. The molecule has 8 aromatic rings. The van der Waals surface area contributed by atoms with Crippen LogP contribution in [0.2, 0.25) is 0 Å². The van der Waals surface area contributed by atoms with Crippen molar-refractivity contribution in [3.63, 3.8) is 0 Å². The maximum absolute atomic E-state index is 13.4. The van der Waals surface area contributed by atoms with Gasteiger partial charge in [0.15, 0.2) is 49.2 Å². The van der Waals surface area contributed by atoms with Crippen LogP contribution in [0.5, 0.6) is 0 Å². The summed E-state index contributed by atoms with van der Waals surface area (Å²) in [5.74, 6) is -4.09. The SMILES string of the molecule is CC[n+]1[c-]n(C[C@H]2O[C@H](OC)[C@H](OC(=O)c3ccccc3)[C@@H](OC(=O)c3ccccc3)[C@@H]2OC(=O)c2ccccc2)cc1.CC[n+]1[c-]n(C[C@H]2O[C@H](OC)[C@H](OC(=O)c3ccccc3)[C@@H](OC(=O)c3ccccc3)[C@@H]2OC(=O)c2ccccc2)cc1.[Ag]. The molecule has 2 fully saturated rings. The zero-order valence-corrected chi connectivity index (χ0v) is 49.3. The van der Waals surface area contributed by atoms with Crippen LogP contribution in [-0.4, -0.2) is 121 Å². The molecule has 2 saturated heterocycles. The average molecular weight is 1280 g/mol. The predicted molar refractivity (Wildman–Crippen MR) is 303 cm³/mol. The van der Waals surface area contributed by atoms with E-state index in [0.717, 1.165) is 0 Å². The first-order valence-corrected chi connectivity index (χ1v) is 27.8. The van der Waals surface area contributed by atoms with E-state index in [1.165, 1.54) is 14.2 Å². The Bertz CT molecular complexity index is 3260. The van der Waals surface area contributed by atoms with Crippen LogP contribution in [-0.2, 0) is 95.9 Å². The first-order chi connectivity index (χ1) is 41.9. The van der Waals surface area contributed by atoms with Crippen molar-refractivity contribution < 1.29 is 108 Å². The Balaban J connectivity index is 0.000000223. The molecular weight excluding hydrogens is 1210 g/mol. The van der Waals surface area contributed by atoms with Crippen molar-refractivity contribution in [2.45, 2.75) is 101 Å². The number of benzene rings is 6. The van der Waals surface area contributed by atoms with Crippen molar-refractivity contribution in [3.05, 3.63) is 253 Å². The third kappa shape index (κ3) is 16.8. The summed E-state index contributed by atoms with van der Waals surface area (Å²) in [5.41, 5.74) is 1.66. The van der Waals surface area contributed by atoms with E-state index >= 15 is 0 Å². The van der Waals surface area contributed by atoms with E-state index in [1.54, 1.807) is 204 Å². The molecule has 0 N–H and O–H groups in total. The van der Waals surface area contributed by atoms with Crippen LogP contribution >= 0.6 is 0 Å². The topological polar surface area (TPSA) is 212 Å². The number of aryl methyl sites for hydroxylation is 2. The Labute approximate surface area is 518 Å². The molecule has 10 atom stereocenters. The Morgan fingerprint density at radius 3 is 0.828 bits per heavy atom. The van der Waals surface area contributed by atoms with Crippen LogP contribution in [0.1, 0.15) is 76.0 Å². The largest absolute Gasteiger partial charge is 0.452 e. The molecule has 87 heavy (non-hydrogen) atoms. The molecular formula is C66H64AgN4O16. The maximum atomic E-state index is 13.4. The second-order valence-electron chi connectivity index (χ2n) is 19.6. The Kier molecular flexibility index (Phi) is 23.2. The summed E-state index contributed by atoms with van der Waals surface area (Å²) in [6.07, 6.45) is 1.98. The summed E-state index contributed by atoms with van der Waals surface area (Å²) < 4.78 is 66.9. The van der Waals surface area contributed by atoms with Crippen molar-refractivity contribution in [1.82, 2.24) is 9.13 Å². The monoisotopic (exact) mass is 1280 g/mol. The molecule has 0 saturated carbocycles. The number of methoxy groups -OCH3 is 2. The minimum Gasteiger partial charge on any atom is -0.452 e. The number of carbonyl (C=O) groups is 6. The minimum atomic E-state index is -1.30. The van der Waals surface area contributed by atoms with Gasteiger partial charge in [0.05, 0.1) is 59.6 Å². The van der Waals surface area contributed by atoms with E-state index in [0.29, 0.717) is 13.1 Å². The number of rotatable bonds is 20. The molecule has 0 bridgehead atoms. The molecule has 6 aromatic carbocycles. The zero-order valence-electron chi connectivity index (χ0n) is 47.9. The van der Waals surface area contributed by atoms with E-state index in [1.807, 2.05) is 35.4 Å². The standard InChI is InChI=1S/2C33H32N2O8.Ag/c2*1-3-34-19-20-35(22-34)21-26-27(41-30(36)23-13-7-4-8-14-23)28(42-31(37)24-15-9-5-10-16-24)29(33(39-2)40-26)43-32(38)25-17-11-6-12-18-25;/h2*4-20,26-29,33H,3,21H2,1-2H3;/t2*26-,27-,28+,29-,33+;/m11./s1. The van der Waals surface area contributed by atoms with Gasteiger partial charge in [0.25, 0.3) is 0 Å². The van der Waals surface area contributed by atoms with E-state index in [-0.39, 0.29) is 68.9 Å². The third-order valence-electron chi connectivity index (χ3n) is 14.0. The number of imidazole rings is 2. The summed E-state index contributed by atoms with van der Waals surface area (Å²) in [7, 11) is 2.79. The molecule has 20 nitrogen and oxygen atoms in total. The Morgan fingerprint density at radius 2 is 0.609 bits per heavy atom. The van der Waals surface area contributed by atoms with Gasteiger partial charge in [-0.1, -0.05) is 109 Å². The summed E-state index contributed by atoms with van der Waals surface area (Å²) >= 11 is 0. The number of nitrogens with zero attached hydrogens (tertiary/aromatic N) is 4. The van der Waals surface area contributed by atoms with Gasteiger partial charge < -0.3 is 65.6 Å². The van der Waals surface area contributed by atoms with Gasteiger partial charge in [-0.2, -0.15) is 0 Å². The minimum absolute atomic E-state index is 0. The number of hydrogen-bond acceptors (Lipinski definition) is 16. The molecule has 2 aliphatic heterocycles. The number of carbonyl (C=O) groups excluding carboxylic acids is 6. The fraction of sp³-hybridized carbons (Fsp3) is 0.273. The second-order valence-corrected chi connectivity index (χ2v) is 19.6. The van der Waals surface area contributed by atoms with E-state index in [4.69, 9.17) is 47.4 Å². The molecule has 21 heteroatoms. The zero-order chi connectivity index (χ0) is 60.4. The smallest absolute Gasteiger partial charge is 0.338 e. The quantitative estimate of drug-likeness (QED) is 0.0241. The third-order valence-corrected chi connectivity index (χ3v) is 14.0. The van der Waals surface area contributed by atoms with Crippen LogP contribution in [0, 0.1) is 12.7 Å². The van der Waals surface area contributed by atoms with Crippen molar-refractivity contribution in [2.24, 2.45) is 0 Å². The van der Waals surface area contributed by atoms with Crippen LogP contribution in [0.3, 0.4) is 0 Å². The molecule has 0 aliphatic carbocycles. The normalized spacial score (nSPS) is 21.2. The van der Waals surface area contributed by atoms with Crippen molar-refractivity contribution >= 4 is 35.8 Å².